The van der Waals surface area contributed by atoms with Crippen molar-refractivity contribution in [1.82, 2.24) is 10.4 Å². The normalized spacial score (nSPS) is 15.1. The van der Waals surface area contributed by atoms with Crippen LogP contribution in [0.4, 0.5) is 0 Å². The molecule has 0 unspecified atom stereocenters. The third kappa shape index (κ3) is 5.71. The smallest absolute Gasteiger partial charge is 0.281 e. The Kier molecular flexibility index (Phi) is 6.57. The first-order valence-corrected chi connectivity index (χ1v) is 7.61. The van der Waals surface area contributed by atoms with Gasteiger partial charge in [0.05, 0.1) is 11.6 Å². The van der Waals surface area contributed by atoms with Crippen molar-refractivity contribution in [1.29, 1.82) is 0 Å². The van der Waals surface area contributed by atoms with Crippen LogP contribution in [-0.2, 0) is 9.63 Å². The predicted molar refractivity (Wildman–Crippen MR) is 81.7 cm³/mol. The van der Waals surface area contributed by atoms with Crippen molar-refractivity contribution in [3.05, 3.63) is 28.2 Å². The number of halogens is 2. The minimum Gasteiger partial charge on any atom is -0.482 e. The molecule has 7 heteroatoms. The number of likely N-dealkylation sites (tertiary alicyclic amines) is 1. The van der Waals surface area contributed by atoms with Crippen molar-refractivity contribution in [2.24, 2.45) is 0 Å². The molecular formula is C14H18Cl2N2O3. The van der Waals surface area contributed by atoms with E-state index in [-0.39, 0.29) is 12.5 Å². The van der Waals surface area contributed by atoms with Gasteiger partial charge in [0.1, 0.15) is 5.75 Å². The van der Waals surface area contributed by atoms with Gasteiger partial charge in [0.25, 0.3) is 5.91 Å². The maximum atomic E-state index is 11.5. The summed E-state index contributed by atoms with van der Waals surface area (Å²) in [6, 6.07) is 4.82. The number of nitrogens with zero attached hydrogens (tertiary/aromatic N) is 1. The van der Waals surface area contributed by atoms with Gasteiger partial charge in [-0.3, -0.25) is 9.63 Å². The largest absolute Gasteiger partial charge is 0.482 e. The molecule has 21 heavy (non-hydrogen) atoms. The molecule has 1 aromatic rings. The van der Waals surface area contributed by atoms with Crippen molar-refractivity contribution >= 4 is 29.1 Å². The molecule has 116 valence electrons. The molecule has 1 N–H and O–H groups in total. The standard InChI is InChI=1S/C14H18Cl2N2O3/c15-11-3-4-13(12(16)9-11)20-10-14(19)17-21-8-7-18-5-1-2-6-18/h3-4,9H,1-2,5-8,10H2,(H,17,19). The van der Waals surface area contributed by atoms with Gasteiger partial charge in [0, 0.05) is 11.6 Å². The fourth-order valence-electron chi connectivity index (χ4n) is 2.08. The summed E-state index contributed by atoms with van der Waals surface area (Å²) in [6.45, 7) is 3.34. The Balaban J connectivity index is 1.60. The minimum absolute atomic E-state index is 0.162. The Labute approximate surface area is 134 Å². The van der Waals surface area contributed by atoms with E-state index in [1.54, 1.807) is 18.2 Å². The number of hydroxylamine groups is 1. The first kappa shape index (κ1) is 16.4. The monoisotopic (exact) mass is 332 g/mol. The number of nitrogens with one attached hydrogen (secondary N) is 1. The summed E-state index contributed by atoms with van der Waals surface area (Å²) in [5.41, 5.74) is 2.35. The van der Waals surface area contributed by atoms with E-state index in [1.165, 1.54) is 12.8 Å². The molecule has 0 aromatic heterocycles. The zero-order valence-electron chi connectivity index (χ0n) is 11.6. The first-order valence-electron chi connectivity index (χ1n) is 6.86. The fourth-order valence-corrected chi connectivity index (χ4v) is 2.54. The molecule has 1 fully saturated rings. The average molecular weight is 333 g/mol. The lowest BCUT2D eigenvalue weighted by Crippen LogP contribution is -2.32. The number of carbonyl (C=O) groups excluding carboxylic acids is 1. The highest BCUT2D eigenvalue weighted by molar-refractivity contribution is 6.35. The summed E-state index contributed by atoms with van der Waals surface area (Å²) >= 11 is 11.7. The van der Waals surface area contributed by atoms with Gasteiger partial charge < -0.3 is 9.64 Å². The summed E-state index contributed by atoms with van der Waals surface area (Å²) in [7, 11) is 0. The zero-order valence-corrected chi connectivity index (χ0v) is 13.1. The molecule has 0 aliphatic carbocycles. The third-order valence-electron chi connectivity index (χ3n) is 3.15. The predicted octanol–water partition coefficient (Wildman–Crippen LogP) is 2.52. The third-order valence-corrected chi connectivity index (χ3v) is 3.68. The van der Waals surface area contributed by atoms with Crippen molar-refractivity contribution in [3.8, 4) is 5.75 Å². The molecule has 0 radical (unpaired) electrons. The molecule has 1 saturated heterocycles. The Morgan fingerprint density at radius 1 is 1.29 bits per heavy atom. The second kappa shape index (κ2) is 8.44. The van der Waals surface area contributed by atoms with E-state index in [2.05, 4.69) is 10.4 Å². The number of amides is 1. The lowest BCUT2D eigenvalue weighted by molar-refractivity contribution is -0.135. The molecule has 0 spiro atoms. The summed E-state index contributed by atoms with van der Waals surface area (Å²) < 4.78 is 5.29. The second-order valence-corrected chi connectivity index (χ2v) is 5.63. The van der Waals surface area contributed by atoms with Crippen LogP contribution in [0.2, 0.25) is 10.0 Å². The van der Waals surface area contributed by atoms with Crippen LogP contribution in [-0.4, -0.2) is 43.7 Å². The molecule has 1 heterocycles. The highest BCUT2D eigenvalue weighted by atomic mass is 35.5. The molecule has 1 amide bonds. The van der Waals surface area contributed by atoms with E-state index < -0.39 is 0 Å². The van der Waals surface area contributed by atoms with Gasteiger partial charge in [-0.2, -0.15) is 0 Å². The van der Waals surface area contributed by atoms with Gasteiger partial charge >= 0.3 is 0 Å². The maximum Gasteiger partial charge on any atom is 0.281 e. The van der Waals surface area contributed by atoms with Gasteiger partial charge in [0.2, 0.25) is 0 Å². The number of rotatable bonds is 7. The van der Waals surface area contributed by atoms with Gasteiger partial charge in [-0.25, -0.2) is 5.48 Å². The van der Waals surface area contributed by atoms with Crippen LogP contribution in [0.5, 0.6) is 5.75 Å². The van der Waals surface area contributed by atoms with Crippen LogP contribution < -0.4 is 10.2 Å². The summed E-state index contributed by atoms with van der Waals surface area (Å²) in [5, 5.41) is 0.882. The highest BCUT2D eigenvalue weighted by Gasteiger charge is 2.11. The van der Waals surface area contributed by atoms with Crippen LogP contribution in [0.25, 0.3) is 0 Å². The second-order valence-electron chi connectivity index (χ2n) is 4.79. The Bertz CT molecular complexity index is 479. The van der Waals surface area contributed by atoms with E-state index in [0.717, 1.165) is 19.6 Å². The van der Waals surface area contributed by atoms with Gasteiger partial charge in [-0.15, -0.1) is 0 Å². The number of carbonyl (C=O) groups is 1. The lowest BCUT2D eigenvalue weighted by atomic mass is 10.3. The molecule has 1 aromatic carbocycles. The van der Waals surface area contributed by atoms with Crippen molar-refractivity contribution < 1.29 is 14.4 Å². The molecular weight excluding hydrogens is 315 g/mol. The summed E-state index contributed by atoms with van der Waals surface area (Å²) in [5.74, 6) is 0.0516. The van der Waals surface area contributed by atoms with Crippen LogP contribution in [0, 0.1) is 0 Å². The molecule has 5 nitrogen and oxygen atoms in total. The topological polar surface area (TPSA) is 50.8 Å². The minimum atomic E-state index is -0.359. The van der Waals surface area contributed by atoms with E-state index in [9.17, 15) is 4.79 Å². The highest BCUT2D eigenvalue weighted by Crippen LogP contribution is 2.27. The number of hydrogen-bond acceptors (Lipinski definition) is 4. The van der Waals surface area contributed by atoms with Crippen LogP contribution in [0.1, 0.15) is 12.8 Å². The van der Waals surface area contributed by atoms with Crippen LogP contribution in [0.3, 0.4) is 0 Å². The van der Waals surface area contributed by atoms with E-state index in [4.69, 9.17) is 32.8 Å². The number of benzene rings is 1. The summed E-state index contributed by atoms with van der Waals surface area (Å²) in [4.78, 5) is 19.0. The van der Waals surface area contributed by atoms with Crippen LogP contribution >= 0.6 is 23.2 Å². The molecule has 1 aliphatic heterocycles. The number of ether oxygens (including phenoxy) is 1. The first-order chi connectivity index (χ1) is 10.1. The molecule has 0 bridgehead atoms. The van der Waals surface area contributed by atoms with Gasteiger partial charge in [-0.1, -0.05) is 23.2 Å². The molecule has 1 aliphatic rings. The molecule has 0 atom stereocenters. The fraction of sp³-hybridized carbons (Fsp3) is 0.500. The Morgan fingerprint density at radius 2 is 2.05 bits per heavy atom. The SMILES string of the molecule is O=C(COc1ccc(Cl)cc1Cl)NOCCN1CCCC1. The quantitative estimate of drug-likeness (QED) is 0.615. The van der Waals surface area contributed by atoms with Crippen molar-refractivity contribution in [2.75, 3.05) is 32.8 Å². The van der Waals surface area contributed by atoms with E-state index in [0.29, 0.717) is 22.4 Å². The van der Waals surface area contributed by atoms with Crippen molar-refractivity contribution in [3.63, 3.8) is 0 Å². The molecule has 2 rings (SSSR count). The van der Waals surface area contributed by atoms with Gasteiger partial charge in [0.15, 0.2) is 6.61 Å². The maximum absolute atomic E-state index is 11.5. The van der Waals surface area contributed by atoms with Crippen LogP contribution in [0.15, 0.2) is 18.2 Å². The molecule has 0 saturated carbocycles. The van der Waals surface area contributed by atoms with E-state index >= 15 is 0 Å². The average Bonchev–Trinajstić information content (AvgIpc) is 2.96. The summed E-state index contributed by atoms with van der Waals surface area (Å²) in [6.07, 6.45) is 2.48. The van der Waals surface area contributed by atoms with E-state index in [1.807, 2.05) is 0 Å². The van der Waals surface area contributed by atoms with Crippen molar-refractivity contribution in [2.45, 2.75) is 12.8 Å². The Hall–Kier alpha value is -1.01. The Morgan fingerprint density at radius 3 is 2.76 bits per heavy atom. The zero-order chi connectivity index (χ0) is 15.1. The van der Waals surface area contributed by atoms with Gasteiger partial charge in [-0.05, 0) is 44.1 Å². The lowest BCUT2D eigenvalue weighted by Gasteiger charge is -2.14. The number of hydrogen-bond donors (Lipinski definition) is 1.